The molecule has 0 spiro atoms. The van der Waals surface area contributed by atoms with Crippen molar-refractivity contribution in [3.8, 4) is 5.75 Å². The summed E-state index contributed by atoms with van der Waals surface area (Å²) in [4.78, 5) is 43.6. The molecule has 0 bridgehead atoms. The molecule has 1 fully saturated rings. The molecule has 1 saturated heterocycles. The van der Waals surface area contributed by atoms with Gasteiger partial charge in [0.25, 0.3) is 5.91 Å². The normalized spacial score (nSPS) is 17.7. The average molecular weight is 456 g/mol. The zero-order chi connectivity index (χ0) is 24.4. The molecule has 9 heteroatoms. The van der Waals surface area contributed by atoms with Crippen molar-refractivity contribution in [1.82, 2.24) is 9.88 Å². The van der Waals surface area contributed by atoms with Crippen molar-refractivity contribution in [2.24, 2.45) is 0 Å². The summed E-state index contributed by atoms with van der Waals surface area (Å²) in [6, 6.07) is 6.10. The van der Waals surface area contributed by atoms with Crippen molar-refractivity contribution in [1.29, 1.82) is 0 Å². The van der Waals surface area contributed by atoms with Gasteiger partial charge in [0.05, 0.1) is 47.4 Å². The van der Waals surface area contributed by atoms with E-state index in [4.69, 9.17) is 9.47 Å². The first-order valence-corrected chi connectivity index (χ1v) is 10.6. The molecule has 0 radical (unpaired) electrons. The van der Waals surface area contributed by atoms with Crippen molar-refractivity contribution in [3.63, 3.8) is 0 Å². The number of hydrogen-bond acceptors (Lipinski definition) is 6. The molecule has 1 amide bonds. The van der Waals surface area contributed by atoms with E-state index in [-0.39, 0.29) is 16.8 Å². The van der Waals surface area contributed by atoms with Crippen LogP contribution < -0.4 is 14.7 Å². The van der Waals surface area contributed by atoms with Crippen LogP contribution in [0.1, 0.15) is 38.9 Å². The minimum atomic E-state index is -0.835. The number of likely N-dealkylation sites (tertiary alicyclic amines) is 1. The Hall–Kier alpha value is -3.59. The Balaban J connectivity index is 2.21. The molecule has 1 aromatic carbocycles. The maximum atomic E-state index is 13.7. The fraction of sp³-hybridized carbons (Fsp3) is 0.375. The molecule has 3 rings (SSSR count). The highest BCUT2D eigenvalue weighted by molar-refractivity contribution is 6.46. The van der Waals surface area contributed by atoms with Gasteiger partial charge in [-0.05, 0) is 42.7 Å². The van der Waals surface area contributed by atoms with Crippen LogP contribution in [0.15, 0.2) is 29.8 Å². The monoisotopic (exact) mass is 455 g/mol. The second-order valence-corrected chi connectivity index (χ2v) is 8.32. The summed E-state index contributed by atoms with van der Waals surface area (Å²) >= 11 is 0. The number of methoxy groups -OCH3 is 2. The van der Waals surface area contributed by atoms with E-state index in [2.05, 4.69) is 4.98 Å². The summed E-state index contributed by atoms with van der Waals surface area (Å²) < 4.78 is 10.00. The number of Topliss-reactive ketones (excluding diaryl/α,β-unsaturated/α-hetero) is 1. The lowest BCUT2D eigenvalue weighted by Gasteiger charge is -2.28. The van der Waals surface area contributed by atoms with Gasteiger partial charge in [0.1, 0.15) is 11.4 Å². The summed E-state index contributed by atoms with van der Waals surface area (Å²) in [7, 11) is 6.68. The number of ether oxygens (including phenoxy) is 2. The fourth-order valence-electron chi connectivity index (χ4n) is 4.11. The highest BCUT2D eigenvalue weighted by atomic mass is 16.5. The number of carbonyl (C=O) groups excluding carboxylic acids is 3. The second-order valence-electron chi connectivity index (χ2n) is 8.32. The molecular weight excluding hydrogens is 426 g/mol. The molecule has 1 aromatic heterocycles. The summed E-state index contributed by atoms with van der Waals surface area (Å²) in [5.74, 6) is -2.11. The van der Waals surface area contributed by atoms with Crippen molar-refractivity contribution in [3.05, 3.63) is 57.9 Å². The van der Waals surface area contributed by atoms with E-state index in [1.54, 1.807) is 45.2 Å². The molecular formula is C24H29N3O6. The molecule has 1 aliphatic rings. The molecule has 0 aliphatic carbocycles. The lowest BCUT2D eigenvalue weighted by atomic mass is 9.94. The molecule has 1 atom stereocenters. The zero-order valence-corrected chi connectivity index (χ0v) is 19.7. The first-order valence-electron chi connectivity index (χ1n) is 10.6. The van der Waals surface area contributed by atoms with Gasteiger partial charge in [-0.1, -0.05) is 17.9 Å². The topological polar surface area (TPSA) is 116 Å². The fourth-order valence-corrected chi connectivity index (χ4v) is 4.11. The van der Waals surface area contributed by atoms with E-state index in [1.165, 1.54) is 12.0 Å². The number of aryl methyl sites for hydroxylation is 1. The van der Waals surface area contributed by atoms with Crippen molar-refractivity contribution in [2.45, 2.75) is 19.9 Å². The van der Waals surface area contributed by atoms with Gasteiger partial charge in [-0.2, -0.15) is 0 Å². The predicted molar refractivity (Wildman–Crippen MR) is 119 cm³/mol. The number of aromatic amines is 1. The zero-order valence-electron chi connectivity index (χ0n) is 19.7. The Morgan fingerprint density at radius 1 is 1.15 bits per heavy atom. The largest absolute Gasteiger partial charge is 0.872 e. The Kier molecular flexibility index (Phi) is 6.92. The van der Waals surface area contributed by atoms with Crippen molar-refractivity contribution >= 4 is 23.4 Å². The molecule has 1 unspecified atom stereocenters. The number of H-pyrrole nitrogens is 1. The van der Waals surface area contributed by atoms with E-state index < -0.39 is 29.5 Å². The summed E-state index contributed by atoms with van der Waals surface area (Å²) in [6.07, 6.45) is 0. The third-order valence-corrected chi connectivity index (χ3v) is 5.87. The Bertz CT molecular complexity index is 1110. The number of quaternary nitrogens is 1. The van der Waals surface area contributed by atoms with Crippen LogP contribution in [-0.4, -0.2) is 68.9 Å². The quantitative estimate of drug-likeness (QED) is 0.258. The number of hydrogen-bond donors (Lipinski definition) is 2. The highest BCUT2D eigenvalue weighted by Gasteiger charge is 2.44. The summed E-state index contributed by atoms with van der Waals surface area (Å²) in [5, 5.41) is 13.7. The van der Waals surface area contributed by atoms with Gasteiger partial charge in [-0.25, -0.2) is 4.79 Å². The minimum absolute atomic E-state index is 0.125. The van der Waals surface area contributed by atoms with E-state index in [0.717, 1.165) is 4.90 Å². The van der Waals surface area contributed by atoms with Crippen LogP contribution >= 0.6 is 0 Å². The standard InChI is InChI=1S/C24H29N3O6/c1-13-17(14(2)25-19(13)24(31)33-6)21(28)18-20(15-7-9-16(32-5)10-8-15)27(12-11-26(3)4)23(30)22(18)29/h7-10,20,25,28H,11-12H2,1-6H3/b21-18+. The molecule has 176 valence electrons. The smallest absolute Gasteiger partial charge is 0.354 e. The molecule has 0 saturated carbocycles. The molecule has 33 heavy (non-hydrogen) atoms. The third-order valence-electron chi connectivity index (χ3n) is 5.87. The second kappa shape index (κ2) is 9.50. The molecule has 1 aliphatic heterocycles. The number of nitrogens with one attached hydrogen (secondary N) is 2. The number of esters is 1. The van der Waals surface area contributed by atoms with Gasteiger partial charge < -0.3 is 29.4 Å². The van der Waals surface area contributed by atoms with Gasteiger partial charge >= 0.3 is 5.97 Å². The number of likely N-dealkylation sites (N-methyl/N-ethyl adjacent to an activating group) is 1. The van der Waals surface area contributed by atoms with E-state index in [0.29, 0.717) is 35.7 Å². The average Bonchev–Trinajstić information content (AvgIpc) is 3.23. The van der Waals surface area contributed by atoms with Gasteiger partial charge in [0.2, 0.25) is 5.78 Å². The van der Waals surface area contributed by atoms with Crippen molar-refractivity contribution < 1.29 is 33.9 Å². The van der Waals surface area contributed by atoms with Crippen molar-refractivity contribution in [2.75, 3.05) is 41.4 Å². The van der Waals surface area contributed by atoms with Gasteiger partial charge in [0, 0.05) is 11.3 Å². The Labute approximate surface area is 192 Å². The van der Waals surface area contributed by atoms with Crippen LogP contribution in [0.3, 0.4) is 0 Å². The van der Waals surface area contributed by atoms with Crippen LogP contribution in [0.4, 0.5) is 0 Å². The van der Waals surface area contributed by atoms with Crippen LogP contribution in [-0.2, 0) is 14.3 Å². The van der Waals surface area contributed by atoms with Crippen LogP contribution in [0.2, 0.25) is 0 Å². The van der Waals surface area contributed by atoms with Crippen LogP contribution in [0, 0.1) is 13.8 Å². The summed E-state index contributed by atoms with van der Waals surface area (Å²) in [5.41, 5.74) is 1.65. The Morgan fingerprint density at radius 2 is 1.79 bits per heavy atom. The number of rotatable bonds is 7. The lowest BCUT2D eigenvalue weighted by Crippen LogP contribution is -3.06. The first kappa shape index (κ1) is 24.1. The molecule has 2 N–H and O–H groups in total. The van der Waals surface area contributed by atoms with E-state index in [9.17, 15) is 19.5 Å². The maximum absolute atomic E-state index is 13.7. The number of benzene rings is 1. The molecule has 2 heterocycles. The van der Waals surface area contributed by atoms with Crippen LogP contribution in [0.5, 0.6) is 5.75 Å². The molecule has 9 nitrogen and oxygen atoms in total. The maximum Gasteiger partial charge on any atom is 0.354 e. The SMILES string of the molecule is COC(=O)c1[nH]c(C)c(/C([O-])=C2\C(=O)C(=O)N(CC[NH+](C)C)C2c2ccc(OC)cc2)c1C. The van der Waals surface area contributed by atoms with E-state index >= 15 is 0 Å². The van der Waals surface area contributed by atoms with E-state index in [1.807, 2.05) is 14.1 Å². The van der Waals surface area contributed by atoms with Gasteiger partial charge in [0.15, 0.2) is 0 Å². The van der Waals surface area contributed by atoms with Gasteiger partial charge in [-0.3, -0.25) is 9.59 Å². The first-order chi connectivity index (χ1) is 15.6. The summed E-state index contributed by atoms with van der Waals surface area (Å²) in [6.45, 7) is 4.16. The number of nitrogens with zero attached hydrogens (tertiary/aromatic N) is 1. The number of amides is 1. The number of aromatic nitrogens is 1. The highest BCUT2D eigenvalue weighted by Crippen LogP contribution is 2.40. The number of ketones is 1. The predicted octanol–water partition coefficient (Wildman–Crippen LogP) is -0.205. The minimum Gasteiger partial charge on any atom is -0.872 e. The van der Waals surface area contributed by atoms with Crippen LogP contribution in [0.25, 0.3) is 5.76 Å². The number of carbonyl (C=O) groups is 3. The van der Waals surface area contributed by atoms with Gasteiger partial charge in [-0.15, -0.1) is 0 Å². The Morgan fingerprint density at radius 3 is 2.33 bits per heavy atom. The molecule has 2 aromatic rings. The lowest BCUT2D eigenvalue weighted by molar-refractivity contribution is -0.857. The third kappa shape index (κ3) is 4.36.